The Labute approximate surface area is 129 Å². The standard InChI is InChI=1S/C16H23ClF3N/c1-2-3-4-5-6-7-8-11-21-15-12-13(16(18,19)20)9-10-14(15)17/h9-10,12,21H,2-8,11H2,1H3. The van der Waals surface area contributed by atoms with Crippen LogP contribution in [0.15, 0.2) is 18.2 Å². The SMILES string of the molecule is CCCCCCCCCNc1cc(C(F)(F)F)ccc1Cl. The van der Waals surface area contributed by atoms with Crippen molar-refractivity contribution in [1.82, 2.24) is 0 Å². The fourth-order valence-electron chi connectivity index (χ4n) is 2.14. The van der Waals surface area contributed by atoms with Crippen LogP contribution in [-0.2, 0) is 6.18 Å². The van der Waals surface area contributed by atoms with Crippen LogP contribution in [0.2, 0.25) is 5.02 Å². The van der Waals surface area contributed by atoms with Gasteiger partial charge in [-0.25, -0.2) is 0 Å². The topological polar surface area (TPSA) is 12.0 Å². The van der Waals surface area contributed by atoms with Crippen molar-refractivity contribution >= 4 is 17.3 Å². The van der Waals surface area contributed by atoms with Gasteiger partial charge in [0.05, 0.1) is 16.3 Å². The van der Waals surface area contributed by atoms with Crippen LogP contribution in [0.4, 0.5) is 18.9 Å². The summed E-state index contributed by atoms with van der Waals surface area (Å²) in [6, 6.07) is 3.36. The predicted octanol–water partition coefficient (Wildman–Crippen LogP) is 6.52. The van der Waals surface area contributed by atoms with Crippen LogP contribution >= 0.6 is 11.6 Å². The quantitative estimate of drug-likeness (QED) is 0.510. The second-order valence-corrected chi connectivity index (χ2v) is 5.65. The number of benzene rings is 1. The highest BCUT2D eigenvalue weighted by Crippen LogP contribution is 2.33. The minimum absolute atomic E-state index is 0.325. The maximum atomic E-state index is 12.6. The summed E-state index contributed by atoms with van der Waals surface area (Å²) in [5.74, 6) is 0. The Balaban J connectivity index is 2.32. The maximum Gasteiger partial charge on any atom is 0.416 e. The van der Waals surface area contributed by atoms with Crippen LogP contribution < -0.4 is 5.32 Å². The molecule has 0 aliphatic rings. The summed E-state index contributed by atoms with van der Waals surface area (Å²) in [6.07, 6.45) is 3.89. The van der Waals surface area contributed by atoms with Crippen LogP contribution in [-0.4, -0.2) is 6.54 Å². The highest BCUT2D eigenvalue weighted by atomic mass is 35.5. The van der Waals surface area contributed by atoms with Crippen LogP contribution in [0.1, 0.15) is 57.4 Å². The molecule has 0 radical (unpaired) electrons. The number of rotatable bonds is 9. The molecule has 0 saturated heterocycles. The summed E-state index contributed by atoms with van der Waals surface area (Å²) in [7, 11) is 0. The van der Waals surface area contributed by atoms with Gasteiger partial charge in [0.2, 0.25) is 0 Å². The Morgan fingerprint density at radius 2 is 1.62 bits per heavy atom. The summed E-state index contributed by atoms with van der Waals surface area (Å²) < 4.78 is 37.9. The van der Waals surface area contributed by atoms with Gasteiger partial charge in [0, 0.05) is 6.54 Å². The van der Waals surface area contributed by atoms with Gasteiger partial charge in [-0.15, -0.1) is 0 Å². The van der Waals surface area contributed by atoms with E-state index in [1.165, 1.54) is 38.2 Å². The van der Waals surface area contributed by atoms with Crippen molar-refractivity contribution in [2.24, 2.45) is 0 Å². The van der Waals surface area contributed by atoms with Crippen molar-refractivity contribution in [3.8, 4) is 0 Å². The van der Waals surface area contributed by atoms with Crippen LogP contribution in [0.5, 0.6) is 0 Å². The predicted molar refractivity (Wildman–Crippen MR) is 82.9 cm³/mol. The molecule has 1 N–H and O–H groups in total. The van der Waals surface area contributed by atoms with Crippen LogP contribution in [0.3, 0.4) is 0 Å². The minimum Gasteiger partial charge on any atom is -0.384 e. The van der Waals surface area contributed by atoms with Gasteiger partial charge >= 0.3 is 6.18 Å². The lowest BCUT2D eigenvalue weighted by molar-refractivity contribution is -0.137. The Morgan fingerprint density at radius 1 is 1.00 bits per heavy atom. The first-order valence-electron chi connectivity index (χ1n) is 7.55. The number of halogens is 4. The summed E-state index contributed by atoms with van der Waals surface area (Å²) >= 11 is 5.91. The highest BCUT2D eigenvalue weighted by Gasteiger charge is 2.30. The van der Waals surface area contributed by atoms with Gasteiger partial charge in [-0.05, 0) is 24.6 Å². The first kappa shape index (κ1) is 18.1. The molecular weight excluding hydrogens is 299 g/mol. The zero-order valence-electron chi connectivity index (χ0n) is 12.4. The van der Waals surface area contributed by atoms with Gasteiger partial charge in [-0.3, -0.25) is 0 Å². The number of nitrogens with one attached hydrogen (secondary N) is 1. The first-order valence-corrected chi connectivity index (χ1v) is 7.93. The van der Waals surface area contributed by atoms with Gasteiger partial charge in [0.15, 0.2) is 0 Å². The van der Waals surface area contributed by atoms with Crippen molar-refractivity contribution in [2.45, 2.75) is 58.0 Å². The lowest BCUT2D eigenvalue weighted by Gasteiger charge is -2.12. The number of hydrogen-bond acceptors (Lipinski definition) is 1. The third-order valence-electron chi connectivity index (χ3n) is 3.39. The number of hydrogen-bond donors (Lipinski definition) is 1. The molecule has 0 spiro atoms. The molecule has 0 aliphatic carbocycles. The third-order valence-corrected chi connectivity index (χ3v) is 3.72. The highest BCUT2D eigenvalue weighted by molar-refractivity contribution is 6.33. The molecule has 1 aromatic carbocycles. The van der Waals surface area contributed by atoms with E-state index in [1.54, 1.807) is 0 Å². The molecule has 1 rings (SSSR count). The van der Waals surface area contributed by atoms with E-state index in [4.69, 9.17) is 11.6 Å². The lowest BCUT2D eigenvalue weighted by Crippen LogP contribution is -2.07. The summed E-state index contributed by atoms with van der Waals surface area (Å²) in [6.45, 7) is 2.83. The Bertz CT molecular complexity index is 418. The Morgan fingerprint density at radius 3 is 2.24 bits per heavy atom. The van der Waals surface area contributed by atoms with Crippen LogP contribution in [0, 0.1) is 0 Å². The molecule has 0 unspecified atom stereocenters. The largest absolute Gasteiger partial charge is 0.416 e. The average molecular weight is 322 g/mol. The van der Waals surface area contributed by atoms with E-state index in [2.05, 4.69) is 12.2 Å². The van der Waals surface area contributed by atoms with E-state index >= 15 is 0 Å². The molecule has 0 amide bonds. The van der Waals surface area contributed by atoms with Crippen molar-refractivity contribution < 1.29 is 13.2 Å². The molecule has 5 heteroatoms. The number of alkyl halides is 3. The van der Waals surface area contributed by atoms with Crippen molar-refractivity contribution in [1.29, 1.82) is 0 Å². The van der Waals surface area contributed by atoms with E-state index in [0.29, 0.717) is 17.3 Å². The van der Waals surface area contributed by atoms with Crippen molar-refractivity contribution in [3.63, 3.8) is 0 Å². The minimum atomic E-state index is -4.33. The second-order valence-electron chi connectivity index (χ2n) is 5.24. The fraction of sp³-hybridized carbons (Fsp3) is 0.625. The molecule has 0 atom stereocenters. The molecule has 21 heavy (non-hydrogen) atoms. The third kappa shape index (κ3) is 7.07. The van der Waals surface area contributed by atoms with E-state index in [0.717, 1.165) is 25.0 Å². The maximum absolute atomic E-state index is 12.6. The Kier molecular flexibility index (Phi) is 7.94. The summed E-state index contributed by atoms with van der Waals surface area (Å²) in [5.41, 5.74) is -0.313. The van der Waals surface area contributed by atoms with Crippen molar-refractivity contribution in [2.75, 3.05) is 11.9 Å². The summed E-state index contributed by atoms with van der Waals surface area (Å²) in [4.78, 5) is 0. The van der Waals surface area contributed by atoms with Gasteiger partial charge in [-0.2, -0.15) is 13.2 Å². The monoisotopic (exact) mass is 321 g/mol. The van der Waals surface area contributed by atoms with Crippen LogP contribution in [0.25, 0.3) is 0 Å². The number of unbranched alkanes of at least 4 members (excludes halogenated alkanes) is 6. The van der Waals surface area contributed by atoms with E-state index in [-0.39, 0.29) is 0 Å². The van der Waals surface area contributed by atoms with E-state index < -0.39 is 11.7 Å². The Hall–Kier alpha value is -0.900. The molecule has 0 fully saturated rings. The fourth-order valence-corrected chi connectivity index (χ4v) is 2.33. The molecule has 1 aromatic rings. The molecule has 0 aromatic heterocycles. The van der Waals surface area contributed by atoms with E-state index in [1.807, 2.05) is 0 Å². The molecule has 1 nitrogen and oxygen atoms in total. The second kappa shape index (κ2) is 9.19. The first-order chi connectivity index (χ1) is 9.95. The van der Waals surface area contributed by atoms with E-state index in [9.17, 15) is 13.2 Å². The number of anilines is 1. The zero-order chi connectivity index (χ0) is 15.7. The molecular formula is C16H23ClF3N. The van der Waals surface area contributed by atoms with Gasteiger partial charge < -0.3 is 5.32 Å². The van der Waals surface area contributed by atoms with Gasteiger partial charge in [-0.1, -0.05) is 57.0 Å². The normalized spacial score (nSPS) is 11.7. The molecule has 0 bridgehead atoms. The summed E-state index contributed by atoms with van der Waals surface area (Å²) in [5, 5.41) is 3.32. The lowest BCUT2D eigenvalue weighted by atomic mass is 10.1. The van der Waals surface area contributed by atoms with Gasteiger partial charge in [0.1, 0.15) is 0 Å². The van der Waals surface area contributed by atoms with Gasteiger partial charge in [0.25, 0.3) is 0 Å². The molecule has 0 heterocycles. The smallest absolute Gasteiger partial charge is 0.384 e. The average Bonchev–Trinajstić information content (AvgIpc) is 2.42. The molecule has 0 aliphatic heterocycles. The van der Waals surface area contributed by atoms with Crippen molar-refractivity contribution in [3.05, 3.63) is 28.8 Å². The molecule has 120 valence electrons. The zero-order valence-corrected chi connectivity index (χ0v) is 13.2. The molecule has 0 saturated carbocycles.